The number of amides is 1. The molecule has 1 saturated heterocycles. The van der Waals surface area contributed by atoms with Gasteiger partial charge in [0.15, 0.2) is 17.3 Å². The molecule has 33 heavy (non-hydrogen) atoms. The molecule has 0 aliphatic carbocycles. The van der Waals surface area contributed by atoms with Gasteiger partial charge in [-0.1, -0.05) is 18.2 Å². The fourth-order valence-corrected chi connectivity index (χ4v) is 3.64. The van der Waals surface area contributed by atoms with Crippen LogP contribution in [-0.2, 0) is 4.74 Å². The van der Waals surface area contributed by atoms with E-state index in [4.69, 9.17) is 9.47 Å². The van der Waals surface area contributed by atoms with Crippen LogP contribution in [0.5, 0.6) is 5.75 Å². The molecule has 9 nitrogen and oxygen atoms in total. The van der Waals surface area contributed by atoms with E-state index in [1.54, 1.807) is 23.0 Å². The summed E-state index contributed by atoms with van der Waals surface area (Å²) in [4.78, 5) is 26.2. The first kappa shape index (κ1) is 20.4. The van der Waals surface area contributed by atoms with Gasteiger partial charge in [0.25, 0.3) is 5.43 Å². The lowest BCUT2D eigenvalue weighted by Crippen LogP contribution is -2.23. The first-order valence-corrected chi connectivity index (χ1v) is 10.1. The van der Waals surface area contributed by atoms with E-state index in [1.807, 2.05) is 30.3 Å². The van der Waals surface area contributed by atoms with Crippen molar-refractivity contribution in [2.45, 2.75) is 0 Å². The molecule has 0 atom stereocenters. The molecule has 0 unspecified atom stereocenters. The summed E-state index contributed by atoms with van der Waals surface area (Å²) in [5, 5.41) is 8.71. The van der Waals surface area contributed by atoms with Crippen molar-refractivity contribution >= 4 is 11.8 Å². The van der Waals surface area contributed by atoms with Crippen LogP contribution >= 0.6 is 0 Å². The number of halogens is 1. The molecule has 0 spiro atoms. The van der Waals surface area contributed by atoms with Gasteiger partial charge in [-0.25, -0.2) is 18.5 Å². The van der Waals surface area contributed by atoms with Crippen LogP contribution in [0.25, 0.3) is 22.8 Å². The Bertz CT molecular complexity index is 1400. The summed E-state index contributed by atoms with van der Waals surface area (Å²) in [6.45, 7) is 0.592. The fraction of sp³-hybridized carbons (Fsp3) is 0.130. The van der Waals surface area contributed by atoms with Crippen molar-refractivity contribution in [1.82, 2.24) is 19.6 Å². The molecule has 4 aromatic rings. The summed E-state index contributed by atoms with van der Waals surface area (Å²) in [5.74, 6) is -0.639. The summed E-state index contributed by atoms with van der Waals surface area (Å²) in [6.07, 6.45) is 2.34. The molecule has 10 heteroatoms. The molecule has 1 fully saturated rings. The minimum atomic E-state index is -0.632. The highest BCUT2D eigenvalue weighted by Gasteiger charge is 2.25. The highest BCUT2D eigenvalue weighted by atomic mass is 19.1. The number of para-hydroxylation sites is 1. The van der Waals surface area contributed by atoms with Crippen LogP contribution in [0.2, 0.25) is 0 Å². The highest BCUT2D eigenvalue weighted by molar-refractivity contribution is 5.89. The fourth-order valence-electron chi connectivity index (χ4n) is 3.64. The molecule has 2 aromatic heterocycles. The second kappa shape index (κ2) is 8.23. The number of anilines is 1. The summed E-state index contributed by atoms with van der Waals surface area (Å²) in [7, 11) is 1.36. The van der Waals surface area contributed by atoms with Crippen LogP contribution in [0.3, 0.4) is 0 Å². The third-order valence-electron chi connectivity index (χ3n) is 5.24. The number of rotatable bonds is 5. The summed E-state index contributed by atoms with van der Waals surface area (Å²) in [5.41, 5.74) is 1.20. The molecule has 166 valence electrons. The predicted molar refractivity (Wildman–Crippen MR) is 118 cm³/mol. The van der Waals surface area contributed by atoms with E-state index in [-0.39, 0.29) is 23.7 Å². The zero-order valence-corrected chi connectivity index (χ0v) is 17.5. The van der Waals surface area contributed by atoms with Crippen LogP contribution in [-0.4, -0.2) is 45.9 Å². The molecular weight excluding hydrogens is 429 g/mol. The Balaban J connectivity index is 1.62. The quantitative estimate of drug-likeness (QED) is 0.467. The number of methoxy groups -OCH3 is 1. The van der Waals surface area contributed by atoms with Gasteiger partial charge in [-0.05, 0) is 36.4 Å². The molecule has 3 heterocycles. The number of nitrogens with zero attached hydrogens (tertiary/aromatic N) is 5. The van der Waals surface area contributed by atoms with Gasteiger partial charge in [0.05, 0.1) is 43.1 Å². The molecular formula is C23H18FN5O4. The third kappa shape index (κ3) is 3.61. The average Bonchev–Trinajstić information content (AvgIpc) is 3.49. The SMILES string of the molecule is COc1cn(-c2ccc(N3CCOC3=O)cc2F)nc(-c2ccnn2-c2ccccc2)c1=O. The normalized spacial score (nSPS) is 13.3. The predicted octanol–water partition coefficient (Wildman–Crippen LogP) is 3.19. The van der Waals surface area contributed by atoms with Gasteiger partial charge in [-0.3, -0.25) is 9.69 Å². The highest BCUT2D eigenvalue weighted by Crippen LogP contribution is 2.25. The Hall–Kier alpha value is -4.47. The molecule has 1 aliphatic rings. The number of aromatic nitrogens is 4. The Kier molecular flexibility index (Phi) is 5.09. The van der Waals surface area contributed by atoms with Gasteiger partial charge in [0.1, 0.15) is 12.3 Å². The first-order chi connectivity index (χ1) is 16.1. The summed E-state index contributed by atoms with van der Waals surface area (Å²) >= 11 is 0. The van der Waals surface area contributed by atoms with Gasteiger partial charge in [0.2, 0.25) is 0 Å². The van der Waals surface area contributed by atoms with Gasteiger partial charge in [-0.2, -0.15) is 10.2 Å². The average molecular weight is 447 g/mol. The van der Waals surface area contributed by atoms with Crippen LogP contribution in [0.15, 0.2) is 71.8 Å². The number of carbonyl (C=O) groups excluding carboxylic acids is 1. The molecule has 0 saturated carbocycles. The Morgan fingerprint density at radius 3 is 2.58 bits per heavy atom. The number of carbonyl (C=O) groups is 1. The van der Waals surface area contributed by atoms with Crippen LogP contribution < -0.4 is 15.1 Å². The van der Waals surface area contributed by atoms with E-state index in [2.05, 4.69) is 10.2 Å². The molecule has 5 rings (SSSR count). The van der Waals surface area contributed by atoms with Crippen molar-refractivity contribution in [3.05, 3.63) is 83.0 Å². The lowest BCUT2D eigenvalue weighted by molar-refractivity contribution is 0.181. The summed E-state index contributed by atoms with van der Waals surface area (Å²) in [6, 6.07) is 15.2. The number of hydrogen-bond donors (Lipinski definition) is 0. The van der Waals surface area contributed by atoms with E-state index in [0.717, 1.165) is 5.69 Å². The maximum Gasteiger partial charge on any atom is 0.414 e. The minimum absolute atomic E-state index is 0.00703. The van der Waals surface area contributed by atoms with Crippen LogP contribution in [0, 0.1) is 5.82 Å². The molecule has 1 amide bonds. The lowest BCUT2D eigenvalue weighted by atomic mass is 10.2. The maximum atomic E-state index is 15.1. The van der Waals surface area contributed by atoms with Gasteiger partial charge < -0.3 is 9.47 Å². The number of hydrogen-bond acceptors (Lipinski definition) is 6. The van der Waals surface area contributed by atoms with E-state index in [9.17, 15) is 9.59 Å². The Morgan fingerprint density at radius 2 is 1.88 bits per heavy atom. The monoisotopic (exact) mass is 447 g/mol. The first-order valence-electron chi connectivity index (χ1n) is 10.1. The number of ether oxygens (including phenoxy) is 2. The van der Waals surface area contributed by atoms with Crippen molar-refractivity contribution in [1.29, 1.82) is 0 Å². The van der Waals surface area contributed by atoms with Crippen molar-refractivity contribution in [3.63, 3.8) is 0 Å². The largest absolute Gasteiger partial charge is 0.491 e. The Labute approximate surface area is 187 Å². The molecule has 0 radical (unpaired) electrons. The standard InChI is InChI=1S/C23H18FN5O4/c1-32-20-14-28(18-8-7-16(13-17(18)24)27-11-12-33-23(27)31)26-21(22(20)30)19-9-10-25-29(19)15-5-3-2-4-6-15/h2-10,13-14H,11-12H2,1H3. The zero-order valence-electron chi connectivity index (χ0n) is 17.5. The van der Waals surface area contributed by atoms with Gasteiger partial charge in [-0.15, -0.1) is 0 Å². The maximum absolute atomic E-state index is 15.1. The van der Waals surface area contributed by atoms with Crippen LogP contribution in [0.1, 0.15) is 0 Å². The van der Waals surface area contributed by atoms with Crippen molar-refractivity contribution in [2.24, 2.45) is 0 Å². The molecule has 1 aliphatic heterocycles. The van der Waals surface area contributed by atoms with Crippen molar-refractivity contribution in [2.75, 3.05) is 25.2 Å². The van der Waals surface area contributed by atoms with E-state index >= 15 is 4.39 Å². The van der Waals surface area contributed by atoms with Crippen molar-refractivity contribution < 1.29 is 18.7 Å². The van der Waals surface area contributed by atoms with Crippen LogP contribution in [0.4, 0.5) is 14.9 Å². The van der Waals surface area contributed by atoms with Gasteiger partial charge >= 0.3 is 6.09 Å². The topological polar surface area (TPSA) is 91.5 Å². The third-order valence-corrected chi connectivity index (χ3v) is 5.24. The van der Waals surface area contributed by atoms with Gasteiger partial charge in [0, 0.05) is 0 Å². The number of cyclic esters (lactones) is 1. The second-order valence-electron chi connectivity index (χ2n) is 7.19. The van der Waals surface area contributed by atoms with E-state index in [1.165, 1.54) is 35.0 Å². The summed E-state index contributed by atoms with van der Waals surface area (Å²) < 4.78 is 28.1. The Morgan fingerprint density at radius 1 is 1.06 bits per heavy atom. The second-order valence-corrected chi connectivity index (χ2v) is 7.19. The smallest absolute Gasteiger partial charge is 0.414 e. The van der Waals surface area contributed by atoms with Crippen molar-refractivity contribution in [3.8, 4) is 28.5 Å². The molecule has 0 N–H and O–H groups in total. The van der Waals surface area contributed by atoms with E-state index < -0.39 is 17.3 Å². The number of benzene rings is 2. The van der Waals surface area contributed by atoms with E-state index in [0.29, 0.717) is 17.9 Å². The molecule has 2 aromatic carbocycles. The lowest BCUT2D eigenvalue weighted by Gasteiger charge is -2.15. The molecule has 0 bridgehead atoms. The minimum Gasteiger partial charge on any atom is -0.491 e. The zero-order chi connectivity index (χ0) is 22.9.